The van der Waals surface area contributed by atoms with E-state index >= 15 is 0 Å². The number of phenols is 2. The molecule has 1 aliphatic rings. The molecule has 287 valence electrons. The Morgan fingerprint density at radius 1 is 0.667 bits per heavy atom. The van der Waals surface area contributed by atoms with Crippen LogP contribution in [0.3, 0.4) is 0 Å². The Labute approximate surface area is 335 Å². The van der Waals surface area contributed by atoms with Gasteiger partial charge in [-0.05, 0) is 77.3 Å². The maximum atomic E-state index is 14.0. The Balaban J connectivity index is 0.00000784. The number of fused-ring (bicyclic) bond motifs is 1. The van der Waals surface area contributed by atoms with Crippen molar-refractivity contribution in [1.29, 1.82) is 0 Å². The van der Waals surface area contributed by atoms with Crippen LogP contribution in [-0.4, -0.2) is 128 Å². The smallest absolute Gasteiger partial charge is 0.317 e. The number of nitrogens with zero attached hydrogens (tertiary/aromatic N) is 2. The first-order valence-electron chi connectivity index (χ1n) is 16.7. The first kappa shape index (κ1) is 44.4. The molecule has 54 heavy (non-hydrogen) atoms. The molecule has 15 nitrogen and oxygen atoms in total. The van der Waals surface area contributed by atoms with Crippen LogP contribution in [-0.2, 0) is 52.2 Å². The fourth-order valence-electron chi connectivity index (χ4n) is 6.99. The number of aromatic hydroxyl groups is 2. The molecule has 0 bridgehead atoms. The van der Waals surface area contributed by atoms with Crippen LogP contribution in [0.5, 0.6) is 11.5 Å². The summed E-state index contributed by atoms with van der Waals surface area (Å²) in [5.41, 5.74) is 0.0152. The summed E-state index contributed by atoms with van der Waals surface area (Å²) in [7, 11) is -4.52. The van der Waals surface area contributed by atoms with E-state index in [0.717, 1.165) is 9.80 Å². The molecule has 0 spiro atoms. The molecule has 0 saturated heterocycles. The van der Waals surface area contributed by atoms with Crippen LogP contribution in [0, 0.1) is 13.8 Å². The molecule has 0 aromatic heterocycles. The number of phenolic OH excluding ortho intramolecular Hbond substituents is 2. The molecule has 0 aliphatic carbocycles. The van der Waals surface area contributed by atoms with Crippen molar-refractivity contribution < 1.29 is 62.4 Å². The minimum atomic E-state index is -4.52. The van der Waals surface area contributed by atoms with Crippen molar-refractivity contribution in [2.45, 2.75) is 77.0 Å². The molecular formula is C37H44N2NaO13S. The Morgan fingerprint density at radius 3 is 1.35 bits per heavy atom. The number of benzene rings is 3. The Kier molecular flexibility index (Phi) is 14.1. The maximum Gasteiger partial charge on any atom is 0.317 e. The predicted octanol–water partition coefficient (Wildman–Crippen LogP) is 3.53. The quantitative estimate of drug-likeness (QED) is 0.0901. The van der Waals surface area contributed by atoms with Gasteiger partial charge in [-0.25, -0.2) is 4.18 Å². The van der Waals surface area contributed by atoms with E-state index in [-0.39, 0.29) is 98.0 Å². The first-order chi connectivity index (χ1) is 24.6. The number of aliphatic carboxylic acids is 4. The summed E-state index contributed by atoms with van der Waals surface area (Å²) in [5.74, 6) is -6.52. The predicted molar refractivity (Wildman–Crippen MR) is 195 cm³/mol. The van der Waals surface area contributed by atoms with Crippen molar-refractivity contribution in [3.63, 3.8) is 0 Å². The Morgan fingerprint density at radius 2 is 1.02 bits per heavy atom. The second-order valence-electron chi connectivity index (χ2n) is 13.8. The summed E-state index contributed by atoms with van der Waals surface area (Å²) in [6, 6.07) is 9.25. The summed E-state index contributed by atoms with van der Waals surface area (Å²) in [6.07, 6.45) is 0. The van der Waals surface area contributed by atoms with E-state index in [2.05, 4.69) is 0 Å². The van der Waals surface area contributed by atoms with E-state index in [1.54, 1.807) is 65.8 Å². The molecule has 17 heteroatoms. The molecule has 4 rings (SSSR count). The van der Waals surface area contributed by atoms with Gasteiger partial charge in [0.1, 0.15) is 16.4 Å². The fourth-order valence-corrected chi connectivity index (χ4v) is 8.41. The van der Waals surface area contributed by atoms with Crippen molar-refractivity contribution in [3.05, 3.63) is 86.5 Å². The van der Waals surface area contributed by atoms with E-state index in [4.69, 9.17) is 4.18 Å². The topological polar surface area (TPSA) is 240 Å². The van der Waals surface area contributed by atoms with Crippen LogP contribution < -0.4 is 0 Å². The Bertz CT molecular complexity index is 1940. The largest absolute Gasteiger partial charge is 0.507 e. The summed E-state index contributed by atoms with van der Waals surface area (Å²) in [6.45, 7) is 6.79. The fraction of sp³-hybridized carbons (Fsp3) is 0.405. The van der Waals surface area contributed by atoms with Crippen molar-refractivity contribution in [1.82, 2.24) is 9.80 Å². The van der Waals surface area contributed by atoms with Gasteiger partial charge in [0.05, 0.1) is 26.2 Å². The number of carbonyl (C=O) groups is 4. The zero-order valence-electron chi connectivity index (χ0n) is 31.2. The van der Waals surface area contributed by atoms with Crippen molar-refractivity contribution in [3.8, 4) is 11.5 Å². The van der Waals surface area contributed by atoms with Gasteiger partial charge in [-0.15, -0.1) is 0 Å². The maximum absolute atomic E-state index is 14.0. The van der Waals surface area contributed by atoms with Gasteiger partial charge in [0, 0.05) is 59.3 Å². The Hall–Kier alpha value is -4.03. The van der Waals surface area contributed by atoms with Gasteiger partial charge in [-0.1, -0.05) is 45.9 Å². The first-order valence-corrected chi connectivity index (χ1v) is 18.1. The molecule has 0 amide bonds. The monoisotopic (exact) mass is 779 g/mol. The minimum absolute atomic E-state index is 0. The molecule has 6 N–H and O–H groups in total. The van der Waals surface area contributed by atoms with Crippen LogP contribution >= 0.6 is 0 Å². The standard InChI is InChI=1S/C37H44N2O13S.Na/c1-19(2)23-11-28(21(5)25(35(23)48)13-38(15-31(40)41)16-32(42)43)37(27-9-7-8-10-30(27)53(50,51)52-37)29-12-24(20(3)4)36(49)26(22(29)6)14-39(17-33(44)45)18-34(46)47;/h7-12,19-20,48-49H,13-18H2,1-6H3,(H,40,41)(H,42,43)(H,44,45)(H,46,47);. The molecule has 3 aromatic carbocycles. The van der Waals surface area contributed by atoms with Gasteiger partial charge in [0.15, 0.2) is 5.60 Å². The van der Waals surface area contributed by atoms with Crippen LogP contribution in [0.4, 0.5) is 0 Å². The molecule has 1 heterocycles. The third kappa shape index (κ3) is 8.91. The van der Waals surface area contributed by atoms with Crippen molar-refractivity contribution in [2.24, 2.45) is 0 Å². The number of carboxylic acid groups (broad SMARTS) is 4. The van der Waals surface area contributed by atoms with E-state index < -0.39 is 77.6 Å². The van der Waals surface area contributed by atoms with Crippen molar-refractivity contribution in [2.75, 3.05) is 26.2 Å². The third-order valence-corrected chi connectivity index (χ3v) is 10.8. The van der Waals surface area contributed by atoms with Gasteiger partial charge < -0.3 is 30.6 Å². The van der Waals surface area contributed by atoms with E-state index in [9.17, 15) is 58.2 Å². The van der Waals surface area contributed by atoms with Crippen LogP contribution in [0.25, 0.3) is 0 Å². The number of hydrogen-bond donors (Lipinski definition) is 6. The van der Waals surface area contributed by atoms with Gasteiger partial charge in [-0.2, -0.15) is 8.42 Å². The molecule has 0 atom stereocenters. The van der Waals surface area contributed by atoms with E-state index in [1.165, 1.54) is 12.1 Å². The second-order valence-corrected chi connectivity index (χ2v) is 15.3. The summed E-state index contributed by atoms with van der Waals surface area (Å²) in [4.78, 5) is 49.1. The SMILES string of the molecule is Cc1c(C2(c3cc(C(C)C)c(O)c(CN(CC(=O)O)CC(=O)O)c3C)OS(=O)(=O)c3ccccc32)cc(C(C)C)c(O)c1CN(CC(=O)O)CC(=O)O.[Na]. The molecule has 3 aromatic rings. The van der Waals surface area contributed by atoms with Crippen LogP contribution in [0.1, 0.15) is 89.6 Å². The minimum Gasteiger partial charge on any atom is -0.507 e. The molecule has 0 fully saturated rings. The van der Waals surface area contributed by atoms with Gasteiger partial charge in [0.2, 0.25) is 0 Å². The van der Waals surface area contributed by atoms with E-state index in [1.807, 2.05) is 0 Å². The van der Waals surface area contributed by atoms with Crippen molar-refractivity contribution >= 4 is 63.6 Å². The third-order valence-electron chi connectivity index (χ3n) is 9.40. The second kappa shape index (κ2) is 17.2. The zero-order chi connectivity index (χ0) is 39.7. The summed E-state index contributed by atoms with van der Waals surface area (Å²) < 4.78 is 34.3. The zero-order valence-corrected chi connectivity index (χ0v) is 34.0. The molecule has 1 aliphatic heterocycles. The van der Waals surface area contributed by atoms with Crippen LogP contribution in [0.15, 0.2) is 41.3 Å². The van der Waals surface area contributed by atoms with Gasteiger partial charge in [-0.3, -0.25) is 29.0 Å². The van der Waals surface area contributed by atoms with Gasteiger partial charge in [0.25, 0.3) is 10.1 Å². The molecule has 1 radical (unpaired) electrons. The number of hydrogen-bond acceptors (Lipinski definition) is 11. The molecular weight excluding hydrogens is 735 g/mol. The summed E-state index contributed by atoms with van der Waals surface area (Å²) >= 11 is 0. The average molecular weight is 780 g/mol. The number of carboxylic acids is 4. The number of rotatable bonds is 16. The summed E-state index contributed by atoms with van der Waals surface area (Å²) in [5, 5.41) is 61.6. The normalized spacial score (nSPS) is 14.3. The van der Waals surface area contributed by atoms with E-state index in [0.29, 0.717) is 11.1 Å². The molecule has 0 saturated carbocycles. The van der Waals surface area contributed by atoms with Gasteiger partial charge >= 0.3 is 23.9 Å². The molecule has 0 unspecified atom stereocenters. The van der Waals surface area contributed by atoms with Crippen LogP contribution in [0.2, 0.25) is 0 Å². The average Bonchev–Trinajstić information content (AvgIpc) is 3.27.